The maximum absolute atomic E-state index is 11.9. The summed E-state index contributed by atoms with van der Waals surface area (Å²) in [6, 6.07) is 0. The lowest BCUT2D eigenvalue weighted by Crippen LogP contribution is -2.50. The number of rotatable bonds is 7. The van der Waals surface area contributed by atoms with Crippen LogP contribution in [0.1, 0.15) is 72.6 Å². The number of fused-ring (bicyclic) bond motifs is 1. The Morgan fingerprint density at radius 2 is 2.11 bits per heavy atom. The Hall–Kier alpha value is -1.13. The van der Waals surface area contributed by atoms with Crippen molar-refractivity contribution in [3.8, 4) is 0 Å². The summed E-state index contributed by atoms with van der Waals surface area (Å²) >= 11 is 0. The first-order valence-corrected chi connectivity index (χ1v) is 10.4. The van der Waals surface area contributed by atoms with Crippen molar-refractivity contribution >= 4 is 5.97 Å². The molecule has 0 unspecified atom stereocenters. The number of aliphatic hydroxyl groups is 2. The average molecular weight is 379 g/mol. The van der Waals surface area contributed by atoms with Gasteiger partial charge in [0.05, 0.1) is 6.61 Å². The van der Waals surface area contributed by atoms with Gasteiger partial charge < -0.3 is 14.9 Å². The van der Waals surface area contributed by atoms with Crippen LogP contribution in [0.15, 0.2) is 23.8 Å². The van der Waals surface area contributed by atoms with Gasteiger partial charge in [0, 0.05) is 6.08 Å². The van der Waals surface area contributed by atoms with Crippen LogP contribution in [0.25, 0.3) is 0 Å². The summed E-state index contributed by atoms with van der Waals surface area (Å²) in [6.45, 7) is 13.1. The molecule has 4 heteroatoms. The van der Waals surface area contributed by atoms with Crippen LogP contribution in [0.5, 0.6) is 0 Å². The molecule has 27 heavy (non-hydrogen) atoms. The van der Waals surface area contributed by atoms with E-state index in [4.69, 9.17) is 9.84 Å². The minimum atomic E-state index is -1.01. The smallest absolute Gasteiger partial charge is 0.330 e. The van der Waals surface area contributed by atoms with Crippen LogP contribution in [0.2, 0.25) is 0 Å². The molecule has 0 aromatic rings. The highest BCUT2D eigenvalue weighted by molar-refractivity contribution is 5.82. The van der Waals surface area contributed by atoms with Gasteiger partial charge in [0.15, 0.2) is 0 Å². The van der Waals surface area contributed by atoms with Crippen molar-refractivity contribution in [2.75, 3.05) is 13.2 Å². The Bertz CT molecular complexity index is 581. The fraction of sp³-hybridized carbons (Fsp3) is 0.783. The maximum Gasteiger partial charge on any atom is 0.330 e. The Labute approximate surface area is 164 Å². The molecule has 2 saturated carbocycles. The lowest BCUT2D eigenvalue weighted by atomic mass is 9.46. The van der Waals surface area contributed by atoms with Gasteiger partial charge in [-0.2, -0.15) is 0 Å². The van der Waals surface area contributed by atoms with Crippen LogP contribution in [0, 0.1) is 22.7 Å². The van der Waals surface area contributed by atoms with Crippen molar-refractivity contribution in [3.05, 3.63) is 23.8 Å². The van der Waals surface area contributed by atoms with E-state index in [9.17, 15) is 9.90 Å². The molecule has 0 aromatic heterocycles. The lowest BCUT2D eigenvalue weighted by Gasteiger charge is -2.59. The molecule has 0 bridgehead atoms. The van der Waals surface area contributed by atoms with E-state index in [1.54, 1.807) is 0 Å². The summed E-state index contributed by atoms with van der Waals surface area (Å²) in [5.74, 6) is 0.883. The van der Waals surface area contributed by atoms with Crippen molar-refractivity contribution in [3.63, 3.8) is 0 Å². The average Bonchev–Trinajstić information content (AvgIpc) is 2.63. The van der Waals surface area contributed by atoms with E-state index in [1.165, 1.54) is 43.8 Å². The number of esters is 1. The van der Waals surface area contributed by atoms with Crippen LogP contribution in [0.3, 0.4) is 0 Å². The molecule has 0 radical (unpaired) electrons. The van der Waals surface area contributed by atoms with E-state index >= 15 is 0 Å². The number of hydrogen-bond donors (Lipinski definition) is 2. The van der Waals surface area contributed by atoms with Crippen LogP contribution >= 0.6 is 0 Å². The Balaban J connectivity index is 2.02. The van der Waals surface area contributed by atoms with Gasteiger partial charge in [0.25, 0.3) is 0 Å². The zero-order chi connectivity index (χ0) is 20.2. The van der Waals surface area contributed by atoms with Crippen LogP contribution in [-0.2, 0) is 9.53 Å². The molecular formula is C23H38O4. The zero-order valence-electron chi connectivity index (χ0n) is 17.6. The quantitative estimate of drug-likeness (QED) is 0.391. The number of ether oxygens (including phenoxy) is 1. The number of aliphatic hydroxyl groups excluding tert-OH is 2. The van der Waals surface area contributed by atoms with Crippen molar-refractivity contribution in [1.29, 1.82) is 0 Å². The molecule has 4 nitrogen and oxygen atoms in total. The first kappa shape index (κ1) is 22.2. The second-order valence-electron chi connectivity index (χ2n) is 9.37. The van der Waals surface area contributed by atoms with Gasteiger partial charge in [-0.1, -0.05) is 38.5 Å². The summed E-state index contributed by atoms with van der Waals surface area (Å²) in [4.78, 5) is 11.9. The van der Waals surface area contributed by atoms with Gasteiger partial charge in [-0.05, 0) is 74.5 Å². The van der Waals surface area contributed by atoms with Crippen molar-refractivity contribution in [1.82, 2.24) is 0 Å². The Kier molecular flexibility index (Phi) is 7.32. The molecule has 2 fully saturated rings. The van der Waals surface area contributed by atoms with E-state index in [0.717, 1.165) is 18.4 Å². The predicted octanol–water partition coefficient (Wildman–Crippen LogP) is 4.41. The third kappa shape index (κ3) is 4.83. The molecule has 0 aliphatic heterocycles. The van der Waals surface area contributed by atoms with Gasteiger partial charge in [0.1, 0.15) is 12.7 Å². The van der Waals surface area contributed by atoms with E-state index in [0.29, 0.717) is 11.8 Å². The van der Waals surface area contributed by atoms with Crippen LogP contribution in [0.4, 0.5) is 0 Å². The molecule has 0 saturated heterocycles. The second kappa shape index (κ2) is 8.91. The lowest BCUT2D eigenvalue weighted by molar-refractivity contribution is -0.141. The number of allylic oxidation sites excluding steroid dienone is 2. The standard InChI is InChI=1S/C23H38O4/c1-16(13-21(26)27-15-19(25)14-24)9-11-22(4)18(3)10-12-23(5)17(2)7-6-8-20(22)23/h13,18-20,24-25H,2,6-12,14-15H2,1,3-5H3/t18-,19+,20-,22+,23+/m0/s1. The Morgan fingerprint density at radius 1 is 1.41 bits per heavy atom. The first-order chi connectivity index (χ1) is 12.6. The fourth-order valence-electron chi connectivity index (χ4n) is 5.40. The third-order valence-electron chi connectivity index (χ3n) is 7.62. The summed E-state index contributed by atoms with van der Waals surface area (Å²) in [5, 5.41) is 18.1. The monoisotopic (exact) mass is 378 g/mol. The highest BCUT2D eigenvalue weighted by Crippen LogP contribution is 2.62. The maximum atomic E-state index is 11.9. The highest BCUT2D eigenvalue weighted by Gasteiger charge is 2.53. The zero-order valence-corrected chi connectivity index (χ0v) is 17.6. The summed E-state index contributed by atoms with van der Waals surface area (Å²) in [6.07, 6.45) is 8.64. The largest absolute Gasteiger partial charge is 0.460 e. The molecule has 5 atom stereocenters. The van der Waals surface area contributed by atoms with Crippen LogP contribution < -0.4 is 0 Å². The fourth-order valence-corrected chi connectivity index (χ4v) is 5.40. The Morgan fingerprint density at radius 3 is 2.78 bits per heavy atom. The van der Waals surface area contributed by atoms with Crippen molar-refractivity contribution < 1.29 is 19.7 Å². The first-order valence-electron chi connectivity index (χ1n) is 10.4. The van der Waals surface area contributed by atoms with E-state index < -0.39 is 18.7 Å². The van der Waals surface area contributed by atoms with Gasteiger partial charge in [-0.25, -0.2) is 4.79 Å². The summed E-state index contributed by atoms with van der Waals surface area (Å²) < 4.78 is 4.98. The van der Waals surface area contributed by atoms with Gasteiger partial charge in [-0.15, -0.1) is 0 Å². The minimum Gasteiger partial charge on any atom is -0.460 e. The molecule has 0 heterocycles. The molecule has 154 valence electrons. The third-order valence-corrected chi connectivity index (χ3v) is 7.62. The van der Waals surface area contributed by atoms with Crippen LogP contribution in [-0.4, -0.2) is 35.5 Å². The second-order valence-corrected chi connectivity index (χ2v) is 9.37. The molecule has 0 amide bonds. The molecule has 2 rings (SSSR count). The number of carbonyl (C=O) groups excluding carboxylic acids is 1. The predicted molar refractivity (Wildman–Crippen MR) is 108 cm³/mol. The van der Waals surface area contributed by atoms with Gasteiger partial charge in [0.2, 0.25) is 0 Å². The van der Waals surface area contributed by atoms with Crippen molar-refractivity contribution in [2.45, 2.75) is 78.7 Å². The molecular weight excluding hydrogens is 340 g/mol. The van der Waals surface area contributed by atoms with E-state index in [1.807, 2.05) is 6.92 Å². The molecule has 2 aliphatic carbocycles. The summed E-state index contributed by atoms with van der Waals surface area (Å²) in [7, 11) is 0. The highest BCUT2D eigenvalue weighted by atomic mass is 16.5. The van der Waals surface area contributed by atoms with E-state index in [2.05, 4.69) is 27.4 Å². The van der Waals surface area contributed by atoms with Crippen molar-refractivity contribution in [2.24, 2.45) is 22.7 Å². The van der Waals surface area contributed by atoms with E-state index in [-0.39, 0.29) is 17.4 Å². The normalized spacial score (nSPS) is 35.5. The topological polar surface area (TPSA) is 66.8 Å². The number of hydrogen-bond acceptors (Lipinski definition) is 4. The SMILES string of the molecule is C=C1CCC[C@H]2[C@](C)(CCC(C)=CC(=O)OC[C@H](O)CO)[C@@H](C)CC[C@]12C. The van der Waals surface area contributed by atoms with Gasteiger partial charge in [-0.3, -0.25) is 0 Å². The molecule has 0 aromatic carbocycles. The number of carbonyl (C=O) groups is 1. The van der Waals surface area contributed by atoms with Gasteiger partial charge >= 0.3 is 5.97 Å². The molecule has 2 N–H and O–H groups in total. The molecule has 0 spiro atoms. The molecule has 2 aliphatic rings. The summed E-state index contributed by atoms with van der Waals surface area (Å²) in [5.41, 5.74) is 2.96. The minimum absolute atomic E-state index is 0.170.